The number of nitrogens with zero attached hydrogens (tertiary/aromatic N) is 6. The largest absolute Gasteiger partial charge is 0.465 e. The topological polar surface area (TPSA) is 106 Å². The molecule has 0 bridgehead atoms. The van der Waals surface area contributed by atoms with Crippen molar-refractivity contribution >= 4 is 39.1 Å². The molecule has 9 heteroatoms. The lowest BCUT2D eigenvalue weighted by Crippen LogP contribution is -2.40. The van der Waals surface area contributed by atoms with Gasteiger partial charge in [-0.25, -0.2) is 14.6 Å². The molecule has 5 aromatic rings. The van der Waals surface area contributed by atoms with Crippen molar-refractivity contribution in [3.8, 4) is 11.3 Å². The van der Waals surface area contributed by atoms with E-state index in [9.17, 15) is 14.7 Å². The Kier molecular flexibility index (Phi) is 4.58. The summed E-state index contributed by atoms with van der Waals surface area (Å²) < 4.78 is 3.38. The molecule has 34 heavy (non-hydrogen) atoms. The number of carbonyl (C=O) groups is 1. The van der Waals surface area contributed by atoms with E-state index in [1.54, 1.807) is 22.4 Å². The number of fused-ring (bicyclic) bond motifs is 4. The van der Waals surface area contributed by atoms with Crippen LogP contribution in [0.2, 0.25) is 0 Å². The fraction of sp³-hybridized carbons (Fsp3) is 0.240. The van der Waals surface area contributed by atoms with E-state index in [1.165, 1.54) is 4.90 Å². The first-order chi connectivity index (χ1) is 16.5. The second-order valence-corrected chi connectivity index (χ2v) is 8.69. The van der Waals surface area contributed by atoms with E-state index in [-0.39, 0.29) is 11.7 Å². The van der Waals surface area contributed by atoms with Crippen molar-refractivity contribution in [2.24, 2.45) is 7.05 Å². The number of likely N-dealkylation sites (tertiary alicyclic amines) is 1. The highest BCUT2D eigenvalue weighted by Gasteiger charge is 2.28. The fourth-order valence-electron chi connectivity index (χ4n) is 4.91. The molecule has 1 amide bonds. The molecule has 1 aromatic carbocycles. The zero-order valence-electron chi connectivity index (χ0n) is 18.5. The highest BCUT2D eigenvalue weighted by molar-refractivity contribution is 6.00. The van der Waals surface area contributed by atoms with Crippen LogP contribution >= 0.6 is 0 Å². The third kappa shape index (κ3) is 3.12. The molecule has 0 radical (unpaired) electrons. The Morgan fingerprint density at radius 2 is 1.79 bits per heavy atom. The molecule has 5 heterocycles. The first-order valence-electron chi connectivity index (χ1n) is 11.2. The van der Waals surface area contributed by atoms with Crippen molar-refractivity contribution in [1.29, 1.82) is 0 Å². The zero-order chi connectivity index (χ0) is 23.4. The molecule has 0 spiro atoms. The Balaban J connectivity index is 1.53. The van der Waals surface area contributed by atoms with Crippen LogP contribution in [0.15, 0.2) is 59.7 Å². The second-order valence-electron chi connectivity index (χ2n) is 8.69. The smallest absolute Gasteiger partial charge is 0.407 e. The number of aryl methyl sites for hydroxylation is 1. The summed E-state index contributed by atoms with van der Waals surface area (Å²) in [6.45, 7) is 0.792. The predicted octanol–water partition coefficient (Wildman–Crippen LogP) is 3.81. The van der Waals surface area contributed by atoms with Crippen LogP contribution < -0.4 is 5.69 Å². The Morgan fingerprint density at radius 3 is 2.59 bits per heavy atom. The first kappa shape index (κ1) is 20.3. The number of pyridine rings is 3. The molecule has 0 saturated carbocycles. The number of carboxylic acid groups (broad SMARTS) is 1. The monoisotopic (exact) mass is 454 g/mol. The summed E-state index contributed by atoms with van der Waals surface area (Å²) in [6, 6.07) is 13.7. The SMILES string of the molecule is Cn1c(=O)n(C2CCN(C(=O)O)CC2)c2c3nc(-c4cnc5ccccc5c4)ccc3ncc21. The quantitative estimate of drug-likeness (QED) is 0.435. The van der Waals surface area contributed by atoms with Gasteiger partial charge in [-0.2, -0.15) is 0 Å². The molecule has 0 aliphatic carbocycles. The van der Waals surface area contributed by atoms with Crippen LogP contribution in [0.25, 0.3) is 44.2 Å². The van der Waals surface area contributed by atoms with E-state index in [0.29, 0.717) is 42.5 Å². The highest BCUT2D eigenvalue weighted by Crippen LogP contribution is 2.30. The second kappa shape index (κ2) is 7.65. The van der Waals surface area contributed by atoms with Gasteiger partial charge in [-0.1, -0.05) is 18.2 Å². The summed E-state index contributed by atoms with van der Waals surface area (Å²) >= 11 is 0. The molecule has 9 nitrogen and oxygen atoms in total. The van der Waals surface area contributed by atoms with Gasteiger partial charge in [-0.3, -0.25) is 19.1 Å². The highest BCUT2D eigenvalue weighted by atomic mass is 16.4. The normalized spacial score (nSPS) is 14.9. The summed E-state index contributed by atoms with van der Waals surface area (Å²) in [5.41, 5.74) is 5.22. The van der Waals surface area contributed by atoms with Crippen LogP contribution in [0.3, 0.4) is 0 Å². The van der Waals surface area contributed by atoms with Crippen molar-refractivity contribution in [2.75, 3.05) is 13.1 Å². The number of hydrogen-bond acceptors (Lipinski definition) is 5. The Bertz CT molecular complexity index is 1650. The Labute approximate surface area is 193 Å². The first-order valence-corrected chi connectivity index (χ1v) is 11.2. The lowest BCUT2D eigenvalue weighted by Gasteiger charge is -2.30. The minimum atomic E-state index is -0.923. The van der Waals surface area contributed by atoms with Gasteiger partial charge in [0.15, 0.2) is 0 Å². The molecule has 1 aliphatic rings. The maximum atomic E-state index is 13.3. The van der Waals surface area contributed by atoms with Gasteiger partial charge < -0.3 is 10.0 Å². The number of imidazole rings is 1. The van der Waals surface area contributed by atoms with Crippen molar-refractivity contribution in [3.63, 3.8) is 0 Å². The van der Waals surface area contributed by atoms with Gasteiger partial charge in [0.1, 0.15) is 5.52 Å². The molecule has 1 aliphatic heterocycles. The number of para-hydroxylation sites is 1. The van der Waals surface area contributed by atoms with E-state index >= 15 is 0 Å². The molecular formula is C25H22N6O3. The van der Waals surface area contributed by atoms with Crippen molar-refractivity contribution in [2.45, 2.75) is 18.9 Å². The standard InChI is InChI=1S/C25H22N6O3/c1-29-21-14-27-20-7-6-19(16-12-15-4-2-3-5-18(15)26-13-16)28-22(20)23(21)31(24(29)32)17-8-10-30(11-9-17)25(33)34/h2-7,12-14,17H,8-11H2,1H3,(H,33,34). The molecule has 0 unspecified atom stereocenters. The van der Waals surface area contributed by atoms with E-state index in [2.05, 4.69) is 16.0 Å². The molecule has 4 aromatic heterocycles. The fourth-order valence-corrected chi connectivity index (χ4v) is 4.91. The van der Waals surface area contributed by atoms with Gasteiger partial charge in [-0.15, -0.1) is 0 Å². The maximum absolute atomic E-state index is 13.3. The Morgan fingerprint density at radius 1 is 1.03 bits per heavy atom. The van der Waals surface area contributed by atoms with Crippen LogP contribution in [-0.2, 0) is 7.05 Å². The Hall–Kier alpha value is -4.27. The van der Waals surface area contributed by atoms with Crippen molar-refractivity contribution < 1.29 is 9.90 Å². The van der Waals surface area contributed by atoms with Crippen LogP contribution in [0, 0.1) is 0 Å². The van der Waals surface area contributed by atoms with E-state index in [1.807, 2.05) is 42.6 Å². The van der Waals surface area contributed by atoms with E-state index < -0.39 is 6.09 Å². The minimum absolute atomic E-state index is 0.106. The lowest BCUT2D eigenvalue weighted by atomic mass is 10.0. The molecule has 1 saturated heterocycles. The van der Waals surface area contributed by atoms with Gasteiger partial charge in [0.25, 0.3) is 0 Å². The van der Waals surface area contributed by atoms with Crippen LogP contribution in [-0.4, -0.2) is 53.3 Å². The van der Waals surface area contributed by atoms with Gasteiger partial charge in [-0.05, 0) is 37.1 Å². The maximum Gasteiger partial charge on any atom is 0.407 e. The van der Waals surface area contributed by atoms with Crippen LogP contribution in [0.5, 0.6) is 0 Å². The average molecular weight is 454 g/mol. The number of aromatic nitrogens is 5. The van der Waals surface area contributed by atoms with Gasteiger partial charge in [0.05, 0.1) is 34.0 Å². The molecule has 1 N–H and O–H groups in total. The summed E-state index contributed by atoms with van der Waals surface area (Å²) in [5.74, 6) is 0. The van der Waals surface area contributed by atoms with Crippen molar-refractivity contribution in [3.05, 3.63) is 65.3 Å². The van der Waals surface area contributed by atoms with E-state index in [4.69, 9.17) is 4.98 Å². The lowest BCUT2D eigenvalue weighted by molar-refractivity contribution is 0.125. The number of amides is 1. The predicted molar refractivity (Wildman–Crippen MR) is 129 cm³/mol. The van der Waals surface area contributed by atoms with E-state index in [0.717, 1.165) is 27.7 Å². The van der Waals surface area contributed by atoms with Crippen LogP contribution in [0.1, 0.15) is 18.9 Å². The third-order valence-corrected chi connectivity index (χ3v) is 6.75. The van der Waals surface area contributed by atoms with Gasteiger partial charge in [0, 0.05) is 43.3 Å². The molecular weight excluding hydrogens is 432 g/mol. The summed E-state index contributed by atoms with van der Waals surface area (Å²) in [7, 11) is 1.73. The van der Waals surface area contributed by atoms with Crippen molar-refractivity contribution in [1.82, 2.24) is 29.0 Å². The zero-order valence-corrected chi connectivity index (χ0v) is 18.5. The molecule has 170 valence electrons. The molecule has 1 fully saturated rings. The summed E-state index contributed by atoms with van der Waals surface area (Å²) in [4.78, 5) is 40.1. The number of rotatable bonds is 2. The summed E-state index contributed by atoms with van der Waals surface area (Å²) in [6.07, 6.45) is 3.74. The average Bonchev–Trinajstić information content (AvgIpc) is 3.13. The number of hydrogen-bond donors (Lipinski definition) is 1. The van der Waals surface area contributed by atoms with Crippen LogP contribution in [0.4, 0.5) is 4.79 Å². The van der Waals surface area contributed by atoms with Gasteiger partial charge in [0.2, 0.25) is 0 Å². The molecule has 0 atom stereocenters. The molecule has 6 rings (SSSR count). The third-order valence-electron chi connectivity index (χ3n) is 6.75. The number of piperidine rings is 1. The number of benzene rings is 1. The summed E-state index contributed by atoms with van der Waals surface area (Å²) in [5, 5.41) is 10.3. The van der Waals surface area contributed by atoms with Gasteiger partial charge >= 0.3 is 11.8 Å². The minimum Gasteiger partial charge on any atom is -0.465 e.